The molecule has 51 heavy (non-hydrogen) atoms. The number of amides is 5. The lowest BCUT2D eigenvalue weighted by Gasteiger charge is -2.33. The monoisotopic (exact) mass is 714 g/mol. The Morgan fingerprint density at radius 1 is 1.10 bits per heavy atom. The summed E-state index contributed by atoms with van der Waals surface area (Å²) in [5, 5.41) is 8.87. The largest absolute Gasteiger partial charge is 0.457 e. The molecular weight excluding hydrogens is 676 g/mol. The van der Waals surface area contributed by atoms with Crippen molar-refractivity contribution in [2.75, 3.05) is 30.4 Å². The third-order valence-electron chi connectivity index (χ3n) is 8.68. The molecule has 0 bridgehead atoms. The first-order valence-corrected chi connectivity index (χ1v) is 17.4. The number of carbonyl (C=O) groups is 4. The molecule has 1 saturated heterocycles. The summed E-state index contributed by atoms with van der Waals surface area (Å²) in [5.74, 6) is -1.01. The van der Waals surface area contributed by atoms with Crippen LogP contribution in [0.3, 0.4) is 0 Å². The van der Waals surface area contributed by atoms with E-state index in [9.17, 15) is 19.2 Å². The molecule has 2 aliphatic heterocycles. The van der Waals surface area contributed by atoms with Gasteiger partial charge in [-0.2, -0.15) is 0 Å². The van der Waals surface area contributed by atoms with Crippen molar-refractivity contribution in [2.24, 2.45) is 5.41 Å². The van der Waals surface area contributed by atoms with Gasteiger partial charge in [0, 0.05) is 37.8 Å². The second-order valence-electron chi connectivity index (χ2n) is 13.5. The highest BCUT2D eigenvalue weighted by Gasteiger charge is 2.35. The van der Waals surface area contributed by atoms with E-state index < -0.39 is 47.3 Å². The summed E-state index contributed by atoms with van der Waals surface area (Å²) < 4.78 is 26.5. The molecule has 2 aromatic heterocycles. The van der Waals surface area contributed by atoms with Crippen LogP contribution in [0.5, 0.6) is 11.5 Å². The van der Waals surface area contributed by atoms with E-state index in [-0.39, 0.29) is 11.4 Å². The zero-order valence-electron chi connectivity index (χ0n) is 28.9. The van der Waals surface area contributed by atoms with Crippen molar-refractivity contribution in [3.05, 3.63) is 83.1 Å². The topological polar surface area (TPSA) is 142 Å². The van der Waals surface area contributed by atoms with Crippen LogP contribution in [-0.4, -0.2) is 66.1 Å². The van der Waals surface area contributed by atoms with Crippen LogP contribution in [0.15, 0.2) is 72.7 Å². The predicted octanol–water partition coefficient (Wildman–Crippen LogP) is 7.43. The number of alkyl carbamates (subject to hydrolysis) is 1. The number of halogens is 1. The van der Waals surface area contributed by atoms with Gasteiger partial charge in [-0.3, -0.25) is 14.5 Å². The van der Waals surface area contributed by atoms with E-state index in [2.05, 4.69) is 20.9 Å². The number of thiophene rings is 1. The normalized spacial score (nSPS) is 16.7. The summed E-state index contributed by atoms with van der Waals surface area (Å²) in [6.45, 7) is 7.57. The Labute approximate surface area is 298 Å². The molecule has 1 fully saturated rings. The second-order valence-corrected chi connectivity index (χ2v) is 14.5. The Kier molecular flexibility index (Phi) is 9.97. The van der Waals surface area contributed by atoms with E-state index in [0.717, 1.165) is 23.0 Å². The molecule has 3 N–H and O–H groups in total. The Morgan fingerprint density at radius 2 is 1.86 bits per heavy atom. The fourth-order valence-corrected chi connectivity index (χ4v) is 7.09. The highest BCUT2D eigenvalue weighted by Crippen LogP contribution is 2.46. The number of nitrogens with zero attached hydrogens (tertiary/aromatic N) is 3. The van der Waals surface area contributed by atoms with E-state index in [4.69, 9.17) is 9.47 Å². The second kappa shape index (κ2) is 14.4. The fraction of sp³-hybridized carbons (Fsp3) is 0.324. The van der Waals surface area contributed by atoms with Gasteiger partial charge >= 0.3 is 12.1 Å². The van der Waals surface area contributed by atoms with E-state index in [1.54, 1.807) is 44.0 Å². The van der Waals surface area contributed by atoms with Crippen molar-refractivity contribution in [3.8, 4) is 11.5 Å². The number of para-hydroxylation sites is 1. The lowest BCUT2D eigenvalue weighted by Crippen LogP contribution is -2.50. The number of anilines is 3. The Bertz CT molecular complexity index is 2030. The minimum absolute atomic E-state index is 0.0788. The quantitative estimate of drug-likeness (QED) is 0.161. The fourth-order valence-electron chi connectivity index (χ4n) is 6.07. The average Bonchev–Trinajstić information content (AvgIpc) is 3.47. The van der Waals surface area contributed by atoms with Crippen molar-refractivity contribution >= 4 is 62.6 Å². The summed E-state index contributed by atoms with van der Waals surface area (Å²) >= 11 is 1.15. The molecule has 4 aromatic rings. The Hall–Kier alpha value is -5.50. The van der Waals surface area contributed by atoms with Crippen molar-refractivity contribution in [1.29, 1.82) is 0 Å². The number of rotatable bonds is 8. The third-order valence-corrected chi connectivity index (χ3v) is 9.77. The van der Waals surface area contributed by atoms with Gasteiger partial charge in [0.1, 0.15) is 27.3 Å². The molecule has 0 aliphatic carbocycles. The van der Waals surface area contributed by atoms with Gasteiger partial charge in [0.15, 0.2) is 5.83 Å². The molecule has 12 nitrogen and oxygen atoms in total. The number of aryl methyl sites for hydroxylation is 1. The minimum Gasteiger partial charge on any atom is -0.457 e. The van der Waals surface area contributed by atoms with E-state index in [1.165, 1.54) is 11.9 Å². The van der Waals surface area contributed by atoms with Gasteiger partial charge in [0.2, 0.25) is 0 Å². The van der Waals surface area contributed by atoms with Gasteiger partial charge in [-0.25, -0.2) is 19.0 Å². The van der Waals surface area contributed by atoms with E-state index >= 15 is 4.39 Å². The number of urea groups is 1. The predicted molar refractivity (Wildman–Crippen MR) is 194 cm³/mol. The maximum Gasteiger partial charge on any atom is 0.407 e. The molecule has 6 rings (SSSR count). The molecule has 2 aliphatic rings. The number of nitrogens with one attached hydrogen (secondary N) is 3. The molecule has 2 atom stereocenters. The van der Waals surface area contributed by atoms with Crippen LogP contribution >= 0.6 is 11.3 Å². The minimum atomic E-state index is -1.04. The molecule has 266 valence electrons. The number of piperidine rings is 1. The molecule has 5 amide bonds. The summed E-state index contributed by atoms with van der Waals surface area (Å²) in [7, 11) is 1.39. The number of pyridine rings is 1. The van der Waals surface area contributed by atoms with Gasteiger partial charge in [0.25, 0.3) is 11.8 Å². The molecule has 0 spiro atoms. The number of benzene rings is 2. The van der Waals surface area contributed by atoms with Crippen LogP contribution < -0.4 is 25.6 Å². The van der Waals surface area contributed by atoms with E-state index in [1.807, 2.05) is 49.4 Å². The van der Waals surface area contributed by atoms with Crippen molar-refractivity contribution < 1.29 is 33.0 Å². The third kappa shape index (κ3) is 7.50. The highest BCUT2D eigenvalue weighted by molar-refractivity contribution is 7.21. The zero-order valence-corrected chi connectivity index (χ0v) is 29.7. The highest BCUT2D eigenvalue weighted by atomic mass is 32.1. The lowest BCUT2D eigenvalue weighted by atomic mass is 9.88. The SMILES string of the molecule is CNC(=O)O[C@H](/C=C(\F)C(=O)N1CCCC(NC(=O)c2sc3nccc4c3c2NC(=O)N4c2ccc(Oc3ccccc3)cc2C)C1)C(C)(C)C. The number of carbonyl (C=O) groups excluding carboxylic acids is 4. The Morgan fingerprint density at radius 3 is 2.57 bits per heavy atom. The van der Waals surface area contributed by atoms with Crippen LogP contribution in [0.25, 0.3) is 10.2 Å². The Balaban J connectivity index is 1.19. The molecule has 0 radical (unpaired) electrons. The lowest BCUT2D eigenvalue weighted by molar-refractivity contribution is -0.130. The summed E-state index contributed by atoms with van der Waals surface area (Å²) in [6.07, 6.45) is 1.99. The molecule has 4 heterocycles. The van der Waals surface area contributed by atoms with Crippen LogP contribution in [-0.2, 0) is 9.53 Å². The maximum atomic E-state index is 15.3. The first kappa shape index (κ1) is 35.3. The summed E-state index contributed by atoms with van der Waals surface area (Å²) in [5.41, 5.74) is 1.72. The van der Waals surface area contributed by atoms with Crippen molar-refractivity contribution in [2.45, 2.75) is 52.7 Å². The molecule has 2 aromatic carbocycles. The first-order valence-electron chi connectivity index (χ1n) is 16.6. The van der Waals surface area contributed by atoms with Crippen LogP contribution in [0, 0.1) is 12.3 Å². The number of ether oxygens (including phenoxy) is 2. The van der Waals surface area contributed by atoms with Crippen LogP contribution in [0.4, 0.5) is 31.0 Å². The van der Waals surface area contributed by atoms with Crippen molar-refractivity contribution in [3.63, 3.8) is 0 Å². The maximum absolute atomic E-state index is 15.3. The molecular formula is C37H39FN6O6S. The molecule has 0 saturated carbocycles. The van der Waals surface area contributed by atoms with E-state index in [0.29, 0.717) is 58.2 Å². The number of aromatic nitrogens is 1. The average molecular weight is 715 g/mol. The number of hydrogen-bond donors (Lipinski definition) is 3. The van der Waals surface area contributed by atoms with Gasteiger partial charge in [-0.1, -0.05) is 39.0 Å². The summed E-state index contributed by atoms with van der Waals surface area (Å²) in [4.78, 5) is 60.7. The smallest absolute Gasteiger partial charge is 0.407 e. The first-order chi connectivity index (χ1) is 24.3. The number of hydrogen-bond acceptors (Lipinski definition) is 8. The standard InChI is InChI=1S/C37H39FN6O6S/c1-21-18-24(49-23-11-7-6-8-12-23)13-14-26(21)44-27-15-16-40-33-29(27)30(42-35(44)47)31(51-33)32(45)41-22-10-9-17-43(20-22)34(46)25(38)19-28(37(2,3)4)50-36(48)39-5/h6-8,11-16,18-19,22,28H,9-10,17,20H2,1-5H3,(H,39,48)(H,41,45)(H,42,47)/b25-19-/t22?,28-/m1/s1. The van der Waals surface area contributed by atoms with Crippen LogP contribution in [0.2, 0.25) is 0 Å². The molecule has 1 unspecified atom stereocenters. The van der Waals surface area contributed by atoms with Gasteiger partial charge < -0.3 is 30.3 Å². The van der Waals surface area contributed by atoms with Crippen molar-refractivity contribution in [1.82, 2.24) is 20.5 Å². The van der Waals surface area contributed by atoms with Gasteiger partial charge in [-0.15, -0.1) is 11.3 Å². The van der Waals surface area contributed by atoms with Gasteiger partial charge in [-0.05, 0) is 67.8 Å². The van der Waals surface area contributed by atoms with Crippen LogP contribution in [0.1, 0.15) is 48.8 Å². The van der Waals surface area contributed by atoms with Gasteiger partial charge in [0.05, 0.1) is 22.4 Å². The zero-order chi connectivity index (χ0) is 36.4. The molecule has 14 heteroatoms. The number of likely N-dealkylation sites (tertiary alicyclic amines) is 1. The summed E-state index contributed by atoms with van der Waals surface area (Å²) in [6, 6.07) is 15.7.